The maximum absolute atomic E-state index is 13.8. The highest BCUT2D eigenvalue weighted by Gasteiger charge is 2.30. The predicted molar refractivity (Wildman–Crippen MR) is 490 cm³/mol. The van der Waals surface area contributed by atoms with Crippen molar-refractivity contribution in [1.29, 1.82) is 0 Å². The largest absolute Gasteiger partial charge is 0.392 e. The maximum atomic E-state index is 13.8. The van der Waals surface area contributed by atoms with Crippen LogP contribution in [0.25, 0.3) is 44.1 Å². The third kappa shape index (κ3) is 22.6. The number of halogens is 2. The van der Waals surface area contributed by atoms with E-state index in [2.05, 4.69) is 117 Å². The third-order valence-electron chi connectivity index (χ3n) is 22.4. The van der Waals surface area contributed by atoms with E-state index in [4.69, 9.17) is 23.2 Å². The number of nitrogens with one attached hydrogen (secondary N) is 5. The van der Waals surface area contributed by atoms with Gasteiger partial charge in [0, 0.05) is 196 Å². The SMILES string of the molecule is O=[N+]([O-])c1cc(S(=O)(=O)Nc2ncnc3cc(N4CCN(Cc5cc(Cl)ccc5-c5ccccc5)CC4)ccc23)ccc1NC(CCN1CCC(O)C1)CSc1ccccc1.O=[N+]([O-])c1cc(S(=O)(=O)Nc2ncnc3cc(N4CCN(Cc5cc(Cl)ccc5-c5ccccc5)CC4)ccc23)ccc1NC(CCN1CCNCC1)CSc1ccccc1. The van der Waals surface area contributed by atoms with E-state index in [-0.39, 0.29) is 62.4 Å². The summed E-state index contributed by atoms with van der Waals surface area (Å²) in [7, 11) is -8.57. The number of nitro groups is 2. The Bertz CT molecular complexity index is 5510. The van der Waals surface area contributed by atoms with Crippen LogP contribution in [0.5, 0.6) is 0 Å². The van der Waals surface area contributed by atoms with Crippen molar-refractivity contribution in [2.45, 2.75) is 70.1 Å². The monoisotopic (exact) mass is 1760 g/mol. The highest BCUT2D eigenvalue weighted by Crippen LogP contribution is 2.38. The van der Waals surface area contributed by atoms with Gasteiger partial charge in [0.2, 0.25) is 0 Å². The number of rotatable bonds is 32. The average Bonchev–Trinajstić information content (AvgIpc) is 0.817. The number of aliphatic hydroxyl groups is 1. The maximum Gasteiger partial charge on any atom is 0.293 e. The summed E-state index contributed by atoms with van der Waals surface area (Å²) in [5.41, 5.74) is 9.93. The van der Waals surface area contributed by atoms with Gasteiger partial charge in [0.15, 0.2) is 11.6 Å². The van der Waals surface area contributed by atoms with Gasteiger partial charge in [0.1, 0.15) is 24.0 Å². The van der Waals surface area contributed by atoms with E-state index in [0.717, 1.165) is 167 Å². The first-order chi connectivity index (χ1) is 59.3. The van der Waals surface area contributed by atoms with Crippen molar-refractivity contribution in [2.75, 3.05) is 146 Å². The molecule has 16 rings (SSSR count). The lowest BCUT2D eigenvalue weighted by Crippen LogP contribution is -2.46. The smallest absolute Gasteiger partial charge is 0.293 e. The molecular weight excluding hydrogens is 1660 g/mol. The first kappa shape index (κ1) is 86.4. The lowest BCUT2D eigenvalue weighted by atomic mass is 9.99. The van der Waals surface area contributed by atoms with Gasteiger partial charge in [-0.15, -0.1) is 23.5 Å². The van der Waals surface area contributed by atoms with Crippen LogP contribution >= 0.6 is 46.7 Å². The molecule has 6 N–H and O–H groups in total. The number of sulfonamides is 2. The van der Waals surface area contributed by atoms with E-state index in [0.29, 0.717) is 57.8 Å². The standard InChI is InChI=1S/C45H48ClN9O4S2.C45H47ClN8O5S2/c46-35-11-14-40(33-7-3-1-4-8-33)34(27-35)30-53-23-25-54(26-24-53)37-12-15-41-43(28-37)48-32-49-45(41)51-61(58,59)39-13-16-42(44(29-39)55(56)57)50-36(17-20-52-21-18-47-19-22-52)31-60-38-9-5-2-6-10-38;46-34-11-14-40(32-7-3-1-4-8-32)33(25-34)28-52-21-23-53(24-22-52)36-12-15-41-43(26-36)47-31-48-45(41)50-61(58,59)39-13-16-42(44(27-39)54(56)57)49-35(17-19-51-20-18-37(55)29-51)30-60-38-9-5-2-6-10-38/h1-16,27-29,32,36,47,50H,17-26,30-31H2,(H,48,49,51);1-16,25-27,31,35,37,49,55H,17-24,28-30H2,(H,47,48,50). The molecule has 4 aliphatic rings. The lowest BCUT2D eigenvalue weighted by Gasteiger charge is -2.36. The van der Waals surface area contributed by atoms with E-state index in [1.807, 2.05) is 146 Å². The molecule has 0 amide bonds. The zero-order chi connectivity index (χ0) is 84.5. The van der Waals surface area contributed by atoms with Gasteiger partial charge < -0.3 is 40.7 Å². The molecule has 3 unspecified atom stereocenters. The van der Waals surface area contributed by atoms with Crippen LogP contribution in [0.15, 0.2) is 263 Å². The third-order valence-corrected chi connectivity index (χ3v) is 27.9. The van der Waals surface area contributed by atoms with E-state index < -0.39 is 29.9 Å². The molecular formula is C90H95Cl2N17O9S4. The van der Waals surface area contributed by atoms with E-state index in [1.54, 1.807) is 29.6 Å². The molecule has 0 aliphatic carbocycles. The Morgan fingerprint density at radius 1 is 0.467 bits per heavy atom. The van der Waals surface area contributed by atoms with Gasteiger partial charge in [-0.3, -0.25) is 39.5 Å². The van der Waals surface area contributed by atoms with Crippen molar-refractivity contribution in [2.24, 2.45) is 0 Å². The number of nitrogens with zero attached hydrogens (tertiary/aromatic N) is 12. The van der Waals surface area contributed by atoms with Gasteiger partial charge in [-0.2, -0.15) is 0 Å². The number of aliphatic hydroxyl groups excluding tert-OH is 1. The summed E-state index contributed by atoms with van der Waals surface area (Å²) in [6.45, 7) is 14.8. The number of likely N-dealkylation sites (tertiary alicyclic amines) is 1. The molecule has 4 fully saturated rings. The summed E-state index contributed by atoms with van der Waals surface area (Å²) in [5, 5.41) is 47.4. The molecule has 26 nitrogen and oxygen atoms in total. The van der Waals surface area contributed by atoms with E-state index in [9.17, 15) is 42.2 Å². The van der Waals surface area contributed by atoms with Crippen LogP contribution in [0.1, 0.15) is 30.4 Å². The van der Waals surface area contributed by atoms with Gasteiger partial charge in [0.05, 0.1) is 36.8 Å². The normalized spacial score (nSPS) is 16.2. The molecule has 0 bridgehead atoms. The predicted octanol–water partition coefficient (Wildman–Crippen LogP) is 15.9. The summed E-state index contributed by atoms with van der Waals surface area (Å²) in [6, 6.07) is 71.7. The minimum Gasteiger partial charge on any atom is -0.392 e. The molecule has 2 aromatic heterocycles. The summed E-state index contributed by atoms with van der Waals surface area (Å²) in [4.78, 5) is 56.9. The Kier molecular flexibility index (Phi) is 28.7. The Balaban J connectivity index is 0.000000190. The number of fused-ring (bicyclic) bond motifs is 2. The van der Waals surface area contributed by atoms with Crippen molar-refractivity contribution in [3.63, 3.8) is 0 Å². The topological polar surface area (TPSA) is 306 Å². The minimum absolute atomic E-state index is 0.0759. The lowest BCUT2D eigenvalue weighted by molar-refractivity contribution is -0.384. The number of piperazine rings is 3. The second-order valence-electron chi connectivity index (χ2n) is 30.6. The first-order valence-electron chi connectivity index (χ1n) is 40.7. The average molecular weight is 1760 g/mol. The summed E-state index contributed by atoms with van der Waals surface area (Å²) in [5.74, 6) is 1.46. The molecule has 6 heterocycles. The number of β-amino-alcohol motifs (C(OH)–C–C–N with tert-alkyl or cyclic N) is 1. The van der Waals surface area contributed by atoms with Gasteiger partial charge >= 0.3 is 0 Å². The van der Waals surface area contributed by atoms with Crippen LogP contribution in [0.2, 0.25) is 10.0 Å². The number of aromatic nitrogens is 4. The van der Waals surface area contributed by atoms with Crippen LogP contribution < -0.4 is 35.2 Å². The zero-order valence-corrected chi connectivity index (χ0v) is 71.8. The van der Waals surface area contributed by atoms with E-state index >= 15 is 0 Å². The number of hydrogen-bond acceptors (Lipinski definition) is 24. The highest BCUT2D eigenvalue weighted by atomic mass is 35.5. The quantitative estimate of drug-likeness (QED) is 0.0130. The molecule has 632 valence electrons. The minimum atomic E-state index is -4.30. The Hall–Kier alpha value is -10.6. The summed E-state index contributed by atoms with van der Waals surface area (Å²) >= 11 is 16.2. The van der Waals surface area contributed by atoms with E-state index in [1.165, 1.54) is 59.2 Å². The van der Waals surface area contributed by atoms with Crippen LogP contribution in [0.3, 0.4) is 0 Å². The number of anilines is 6. The number of benzene rings is 10. The zero-order valence-electron chi connectivity index (χ0n) is 67.1. The summed E-state index contributed by atoms with van der Waals surface area (Å²) < 4.78 is 60.5. The van der Waals surface area contributed by atoms with Crippen LogP contribution in [-0.2, 0) is 33.1 Å². The molecule has 0 spiro atoms. The van der Waals surface area contributed by atoms with Crippen molar-refractivity contribution in [3.8, 4) is 22.3 Å². The molecule has 0 saturated carbocycles. The van der Waals surface area contributed by atoms with Gasteiger partial charge in [0.25, 0.3) is 31.4 Å². The van der Waals surface area contributed by atoms with Crippen molar-refractivity contribution < 1.29 is 31.8 Å². The van der Waals surface area contributed by atoms with Crippen molar-refractivity contribution in [3.05, 3.63) is 285 Å². The Morgan fingerprint density at radius 2 is 0.885 bits per heavy atom. The number of hydrogen-bond donors (Lipinski definition) is 6. The molecule has 4 saturated heterocycles. The number of thioether (sulfide) groups is 2. The van der Waals surface area contributed by atoms with Gasteiger partial charge in [-0.1, -0.05) is 132 Å². The second-order valence-corrected chi connectivity index (χ2v) is 37.1. The molecule has 3 atom stereocenters. The highest BCUT2D eigenvalue weighted by molar-refractivity contribution is 7.99. The molecule has 122 heavy (non-hydrogen) atoms. The fourth-order valence-electron chi connectivity index (χ4n) is 15.8. The molecule has 32 heteroatoms. The summed E-state index contributed by atoms with van der Waals surface area (Å²) in [6.07, 6.45) is 4.44. The number of nitro benzene ring substituents is 2. The van der Waals surface area contributed by atoms with Crippen LogP contribution in [-0.4, -0.2) is 206 Å². The first-order valence-corrected chi connectivity index (χ1v) is 46.4. The van der Waals surface area contributed by atoms with Gasteiger partial charge in [-0.05, 0) is 162 Å². The van der Waals surface area contributed by atoms with Crippen molar-refractivity contribution in [1.82, 2.24) is 44.9 Å². The molecule has 0 radical (unpaired) electrons. The fraction of sp³-hybridized carbons (Fsp3) is 0.289. The fourth-order valence-corrected chi connectivity index (χ4v) is 20.3. The van der Waals surface area contributed by atoms with Crippen molar-refractivity contribution >= 4 is 134 Å². The van der Waals surface area contributed by atoms with Crippen LogP contribution in [0.4, 0.5) is 45.8 Å². The molecule has 4 aliphatic heterocycles. The second kappa shape index (κ2) is 40.6. The van der Waals surface area contributed by atoms with Crippen LogP contribution in [0, 0.1) is 20.2 Å². The Morgan fingerprint density at radius 3 is 1.30 bits per heavy atom. The van der Waals surface area contributed by atoms with Gasteiger partial charge in [-0.25, -0.2) is 36.8 Å². The Labute approximate surface area is 728 Å². The molecule has 10 aromatic carbocycles. The molecule has 12 aromatic rings.